The number of benzene rings is 1. The van der Waals surface area contributed by atoms with Crippen LogP contribution >= 0.6 is 0 Å². The van der Waals surface area contributed by atoms with Gasteiger partial charge < -0.3 is 20.1 Å². The van der Waals surface area contributed by atoms with Gasteiger partial charge in [-0.1, -0.05) is 12.1 Å². The molecule has 1 saturated heterocycles. The van der Waals surface area contributed by atoms with Crippen molar-refractivity contribution in [1.82, 2.24) is 20.4 Å². The van der Waals surface area contributed by atoms with Crippen LogP contribution in [-0.2, 0) is 23.6 Å². The van der Waals surface area contributed by atoms with Gasteiger partial charge in [0.25, 0.3) is 0 Å². The molecule has 2 heterocycles. The second-order valence-electron chi connectivity index (χ2n) is 8.80. The zero-order valence-electron chi connectivity index (χ0n) is 20.5. The third-order valence-corrected chi connectivity index (χ3v) is 6.60. The first-order valence-electron chi connectivity index (χ1n) is 11.7. The molecule has 0 bridgehead atoms. The predicted octanol–water partition coefficient (Wildman–Crippen LogP) is 3.28. The maximum atomic E-state index is 5.69. The quantitative estimate of drug-likeness (QED) is 0.486. The van der Waals surface area contributed by atoms with Crippen LogP contribution in [0.3, 0.4) is 0 Å². The number of aromatic nitrogens is 2. The molecule has 7 heteroatoms. The van der Waals surface area contributed by atoms with Gasteiger partial charge >= 0.3 is 0 Å². The summed E-state index contributed by atoms with van der Waals surface area (Å²) in [4.78, 5) is 4.49. The van der Waals surface area contributed by atoms with Crippen molar-refractivity contribution in [3.05, 3.63) is 46.8 Å². The summed E-state index contributed by atoms with van der Waals surface area (Å²) in [7, 11) is 3.83. The van der Waals surface area contributed by atoms with Crippen LogP contribution in [0.4, 0.5) is 0 Å². The van der Waals surface area contributed by atoms with Gasteiger partial charge in [-0.2, -0.15) is 5.10 Å². The average Bonchev–Trinajstić information content (AvgIpc) is 3.03. The number of guanidine groups is 1. The van der Waals surface area contributed by atoms with Crippen molar-refractivity contribution in [3.8, 4) is 5.75 Å². The van der Waals surface area contributed by atoms with Gasteiger partial charge in [0.1, 0.15) is 5.75 Å². The Morgan fingerprint density at radius 2 is 1.94 bits per heavy atom. The van der Waals surface area contributed by atoms with E-state index in [4.69, 9.17) is 9.47 Å². The Balaban J connectivity index is 1.66. The molecule has 1 aromatic heterocycles. The van der Waals surface area contributed by atoms with Gasteiger partial charge in [0, 0.05) is 51.0 Å². The molecular weight excluding hydrogens is 402 g/mol. The molecule has 32 heavy (non-hydrogen) atoms. The van der Waals surface area contributed by atoms with Crippen LogP contribution in [0.2, 0.25) is 0 Å². The lowest BCUT2D eigenvalue weighted by atomic mass is 9.74. The summed E-state index contributed by atoms with van der Waals surface area (Å²) in [6.45, 7) is 11.4. The Morgan fingerprint density at radius 1 is 1.25 bits per heavy atom. The van der Waals surface area contributed by atoms with Crippen molar-refractivity contribution >= 4 is 5.96 Å². The van der Waals surface area contributed by atoms with Crippen LogP contribution in [0, 0.1) is 13.8 Å². The molecule has 0 radical (unpaired) electrons. The predicted molar refractivity (Wildman–Crippen MR) is 130 cm³/mol. The summed E-state index contributed by atoms with van der Waals surface area (Å²) in [5.74, 6) is 1.74. The number of nitrogens with one attached hydrogen (secondary N) is 2. The van der Waals surface area contributed by atoms with Crippen molar-refractivity contribution in [2.75, 3.05) is 33.4 Å². The van der Waals surface area contributed by atoms with Crippen LogP contribution in [0.25, 0.3) is 0 Å². The van der Waals surface area contributed by atoms with E-state index < -0.39 is 0 Å². The lowest BCUT2D eigenvalue weighted by molar-refractivity contribution is 0.0513. The van der Waals surface area contributed by atoms with E-state index in [1.807, 2.05) is 25.7 Å². The van der Waals surface area contributed by atoms with E-state index in [1.54, 1.807) is 0 Å². The summed E-state index contributed by atoms with van der Waals surface area (Å²) < 4.78 is 13.3. The number of aryl methyl sites for hydroxylation is 2. The first kappa shape index (κ1) is 24.1. The minimum Gasteiger partial charge on any atom is -0.494 e. The van der Waals surface area contributed by atoms with Gasteiger partial charge in [0.2, 0.25) is 0 Å². The molecule has 3 rings (SSSR count). The standard InChI is InChI=1S/C25H39N5O2/c1-7-32-22-10-8-21(9-11-22)25(12-14-31-15-13-25)17-27-24(26-5)28-18(2)16-23-19(3)29-30(6)20(23)4/h8-11,18H,7,12-17H2,1-6H3,(H2,26,27,28). The second kappa shape index (κ2) is 10.9. The minimum atomic E-state index is 0.0143. The van der Waals surface area contributed by atoms with Crippen LogP contribution in [-0.4, -0.2) is 55.2 Å². The van der Waals surface area contributed by atoms with E-state index >= 15 is 0 Å². The van der Waals surface area contributed by atoms with E-state index in [0.29, 0.717) is 6.61 Å². The maximum Gasteiger partial charge on any atom is 0.191 e. The van der Waals surface area contributed by atoms with Gasteiger partial charge in [-0.15, -0.1) is 0 Å². The van der Waals surface area contributed by atoms with E-state index in [9.17, 15) is 0 Å². The highest BCUT2D eigenvalue weighted by atomic mass is 16.5. The number of rotatable bonds is 8. The summed E-state index contributed by atoms with van der Waals surface area (Å²) >= 11 is 0. The fourth-order valence-corrected chi connectivity index (χ4v) is 4.55. The molecule has 1 atom stereocenters. The van der Waals surface area contributed by atoms with E-state index in [1.165, 1.54) is 16.8 Å². The lowest BCUT2D eigenvalue weighted by Crippen LogP contribution is -2.50. The maximum absolute atomic E-state index is 5.69. The van der Waals surface area contributed by atoms with Gasteiger partial charge in [0.05, 0.1) is 12.3 Å². The molecule has 0 saturated carbocycles. The van der Waals surface area contributed by atoms with Crippen LogP contribution < -0.4 is 15.4 Å². The van der Waals surface area contributed by atoms with Gasteiger partial charge in [0.15, 0.2) is 5.96 Å². The Bertz CT molecular complexity index is 898. The molecule has 1 aromatic carbocycles. The zero-order valence-corrected chi connectivity index (χ0v) is 20.5. The summed E-state index contributed by atoms with van der Waals surface area (Å²) in [5, 5.41) is 11.7. The molecule has 1 fully saturated rings. The van der Waals surface area contributed by atoms with E-state index in [-0.39, 0.29) is 11.5 Å². The first-order chi connectivity index (χ1) is 15.4. The first-order valence-corrected chi connectivity index (χ1v) is 11.7. The van der Waals surface area contributed by atoms with Crippen molar-refractivity contribution in [3.63, 3.8) is 0 Å². The summed E-state index contributed by atoms with van der Waals surface area (Å²) in [5.41, 5.74) is 4.95. The van der Waals surface area contributed by atoms with Crippen molar-refractivity contribution in [2.45, 2.75) is 58.4 Å². The van der Waals surface area contributed by atoms with Crippen LogP contribution in [0.1, 0.15) is 49.2 Å². The monoisotopic (exact) mass is 441 g/mol. The number of aliphatic imine (C=N–C) groups is 1. The van der Waals surface area contributed by atoms with Crippen LogP contribution in [0.15, 0.2) is 29.3 Å². The molecule has 1 unspecified atom stereocenters. The van der Waals surface area contributed by atoms with Crippen molar-refractivity contribution < 1.29 is 9.47 Å². The molecule has 2 N–H and O–H groups in total. The van der Waals surface area contributed by atoms with Gasteiger partial charge in [-0.25, -0.2) is 0 Å². The Labute approximate surface area is 192 Å². The molecule has 2 aromatic rings. The highest BCUT2D eigenvalue weighted by Gasteiger charge is 2.34. The second-order valence-corrected chi connectivity index (χ2v) is 8.80. The molecular formula is C25H39N5O2. The topological polar surface area (TPSA) is 72.7 Å². The highest BCUT2D eigenvalue weighted by Crippen LogP contribution is 2.35. The highest BCUT2D eigenvalue weighted by molar-refractivity contribution is 5.80. The molecule has 176 valence electrons. The SMILES string of the molecule is CCOc1ccc(C2(CNC(=NC)NC(C)Cc3c(C)nn(C)c3C)CCOCC2)cc1. The molecule has 1 aliphatic rings. The zero-order chi connectivity index (χ0) is 23.1. The van der Waals surface area contributed by atoms with Gasteiger partial charge in [-0.05, 0) is 70.2 Å². The fraction of sp³-hybridized carbons (Fsp3) is 0.600. The van der Waals surface area contributed by atoms with E-state index in [0.717, 1.165) is 56.4 Å². The van der Waals surface area contributed by atoms with Crippen molar-refractivity contribution in [2.24, 2.45) is 12.0 Å². The molecule has 0 aliphatic carbocycles. The van der Waals surface area contributed by atoms with E-state index in [2.05, 4.69) is 65.8 Å². The van der Waals surface area contributed by atoms with Crippen molar-refractivity contribution in [1.29, 1.82) is 0 Å². The lowest BCUT2D eigenvalue weighted by Gasteiger charge is -2.38. The minimum absolute atomic E-state index is 0.0143. The molecule has 0 spiro atoms. The Morgan fingerprint density at radius 3 is 2.50 bits per heavy atom. The Hall–Kier alpha value is -2.54. The molecule has 0 amide bonds. The Kier molecular flexibility index (Phi) is 8.18. The smallest absolute Gasteiger partial charge is 0.191 e. The third kappa shape index (κ3) is 5.63. The molecule has 7 nitrogen and oxygen atoms in total. The summed E-state index contributed by atoms with van der Waals surface area (Å²) in [6.07, 6.45) is 2.87. The fourth-order valence-electron chi connectivity index (χ4n) is 4.55. The van der Waals surface area contributed by atoms with Gasteiger partial charge in [-0.3, -0.25) is 9.67 Å². The number of hydrogen-bond donors (Lipinski definition) is 2. The van der Waals surface area contributed by atoms with Crippen LogP contribution in [0.5, 0.6) is 5.75 Å². The molecule has 1 aliphatic heterocycles. The number of hydrogen-bond acceptors (Lipinski definition) is 4. The number of nitrogens with zero attached hydrogens (tertiary/aromatic N) is 3. The third-order valence-electron chi connectivity index (χ3n) is 6.60. The average molecular weight is 442 g/mol. The normalized spacial score (nSPS) is 17.1. The number of ether oxygens (including phenoxy) is 2. The summed E-state index contributed by atoms with van der Waals surface area (Å²) in [6, 6.07) is 8.78. The largest absolute Gasteiger partial charge is 0.494 e.